The van der Waals surface area contributed by atoms with Gasteiger partial charge in [-0.15, -0.1) is 0 Å². The highest BCUT2D eigenvalue weighted by molar-refractivity contribution is 9.10. The van der Waals surface area contributed by atoms with Gasteiger partial charge in [0.2, 0.25) is 0 Å². The normalized spacial score (nSPS) is 18.3. The monoisotopic (exact) mass is 313 g/mol. The fourth-order valence-corrected chi connectivity index (χ4v) is 2.26. The molecule has 18 heavy (non-hydrogen) atoms. The minimum atomic E-state index is -0.539. The van der Waals surface area contributed by atoms with Crippen LogP contribution in [0.25, 0.3) is 0 Å². The summed E-state index contributed by atoms with van der Waals surface area (Å²) in [5.74, 6) is -0.154. The van der Waals surface area contributed by atoms with Crippen LogP contribution in [0.5, 0.6) is 0 Å². The van der Waals surface area contributed by atoms with Gasteiger partial charge in [-0.05, 0) is 37.1 Å². The Morgan fingerprint density at radius 1 is 1.33 bits per heavy atom. The van der Waals surface area contributed by atoms with Crippen LogP contribution >= 0.6 is 15.9 Å². The quantitative estimate of drug-likeness (QED) is 0.893. The Balaban J connectivity index is 2.07. The number of rotatable bonds is 3. The molecule has 0 aromatic heterocycles. The predicted octanol–water partition coefficient (Wildman–Crippen LogP) is 1.72. The largest absolute Gasteiger partial charge is 0.394 e. The third kappa shape index (κ3) is 3.10. The molecule has 0 radical (unpaired) electrons. The van der Waals surface area contributed by atoms with E-state index in [2.05, 4.69) is 21.2 Å². The van der Waals surface area contributed by atoms with Crippen molar-refractivity contribution in [1.29, 1.82) is 0 Å². The van der Waals surface area contributed by atoms with E-state index in [4.69, 9.17) is 4.74 Å². The third-order valence-electron chi connectivity index (χ3n) is 3.24. The summed E-state index contributed by atoms with van der Waals surface area (Å²) in [5.41, 5.74) is 0.0556. The van der Waals surface area contributed by atoms with E-state index >= 15 is 0 Å². The number of carbonyl (C=O) groups excluding carboxylic acids is 1. The van der Waals surface area contributed by atoms with E-state index in [0.717, 1.165) is 4.47 Å². The molecule has 0 unspecified atom stereocenters. The number of halogens is 1. The summed E-state index contributed by atoms with van der Waals surface area (Å²) in [6.07, 6.45) is 1.29. The van der Waals surface area contributed by atoms with Gasteiger partial charge in [0.25, 0.3) is 5.91 Å². The van der Waals surface area contributed by atoms with Gasteiger partial charge in [-0.25, -0.2) is 0 Å². The average Bonchev–Trinajstić information content (AvgIpc) is 2.40. The van der Waals surface area contributed by atoms with Crippen molar-refractivity contribution in [3.63, 3.8) is 0 Å². The third-order valence-corrected chi connectivity index (χ3v) is 3.77. The van der Waals surface area contributed by atoms with Crippen LogP contribution in [-0.2, 0) is 4.74 Å². The first-order valence-electron chi connectivity index (χ1n) is 5.92. The molecule has 0 atom stereocenters. The number of hydrogen-bond acceptors (Lipinski definition) is 3. The van der Waals surface area contributed by atoms with Crippen molar-refractivity contribution in [3.05, 3.63) is 34.3 Å². The lowest BCUT2D eigenvalue weighted by molar-refractivity contribution is 0.0125. The fraction of sp³-hybridized carbons (Fsp3) is 0.462. The fourth-order valence-electron chi connectivity index (χ4n) is 2.00. The van der Waals surface area contributed by atoms with Gasteiger partial charge in [0.15, 0.2) is 0 Å². The zero-order valence-electron chi connectivity index (χ0n) is 9.99. The Morgan fingerprint density at radius 2 is 1.94 bits per heavy atom. The Labute approximate surface area is 114 Å². The maximum atomic E-state index is 12.1. The van der Waals surface area contributed by atoms with Crippen LogP contribution in [0.15, 0.2) is 28.7 Å². The Hall–Kier alpha value is -0.910. The van der Waals surface area contributed by atoms with Crippen LogP contribution < -0.4 is 5.32 Å². The molecule has 1 aliphatic rings. The number of carbonyl (C=O) groups is 1. The highest BCUT2D eigenvalue weighted by Gasteiger charge is 2.33. The smallest absolute Gasteiger partial charge is 0.251 e. The van der Waals surface area contributed by atoms with Crippen LogP contribution in [0.3, 0.4) is 0 Å². The Bertz CT molecular complexity index is 413. The summed E-state index contributed by atoms with van der Waals surface area (Å²) >= 11 is 3.33. The molecule has 1 aliphatic heterocycles. The highest BCUT2D eigenvalue weighted by Crippen LogP contribution is 2.21. The summed E-state index contributed by atoms with van der Waals surface area (Å²) in [4.78, 5) is 12.1. The van der Waals surface area contributed by atoms with Gasteiger partial charge in [-0.3, -0.25) is 4.79 Å². The van der Waals surface area contributed by atoms with Gasteiger partial charge >= 0.3 is 0 Å². The standard InChI is InChI=1S/C13H16BrNO3/c14-11-3-1-10(2-4-11)12(17)15-13(9-16)5-7-18-8-6-13/h1-4,16H,5-9H2,(H,15,17). The lowest BCUT2D eigenvalue weighted by atomic mass is 9.90. The lowest BCUT2D eigenvalue weighted by Gasteiger charge is -2.36. The molecule has 4 nitrogen and oxygen atoms in total. The van der Waals surface area contributed by atoms with E-state index in [0.29, 0.717) is 31.6 Å². The second-order valence-corrected chi connectivity index (χ2v) is 5.43. The van der Waals surface area contributed by atoms with Crippen molar-refractivity contribution >= 4 is 21.8 Å². The number of amides is 1. The van der Waals surface area contributed by atoms with Crippen molar-refractivity contribution in [2.75, 3.05) is 19.8 Å². The molecule has 1 aromatic carbocycles. The number of aliphatic hydroxyl groups excluding tert-OH is 1. The Kier molecular flexibility index (Phi) is 4.37. The van der Waals surface area contributed by atoms with E-state index in [9.17, 15) is 9.90 Å². The number of nitrogens with one attached hydrogen (secondary N) is 1. The van der Waals surface area contributed by atoms with Gasteiger partial charge in [-0.2, -0.15) is 0 Å². The van der Waals surface area contributed by atoms with Crippen molar-refractivity contribution in [3.8, 4) is 0 Å². The first-order chi connectivity index (χ1) is 8.65. The van der Waals surface area contributed by atoms with E-state index in [1.54, 1.807) is 12.1 Å². The highest BCUT2D eigenvalue weighted by atomic mass is 79.9. The van der Waals surface area contributed by atoms with Gasteiger partial charge in [0.05, 0.1) is 12.1 Å². The maximum Gasteiger partial charge on any atom is 0.251 e. The van der Waals surface area contributed by atoms with Gasteiger partial charge in [0, 0.05) is 23.2 Å². The summed E-state index contributed by atoms with van der Waals surface area (Å²) in [6.45, 7) is 1.08. The zero-order valence-corrected chi connectivity index (χ0v) is 11.6. The summed E-state index contributed by atoms with van der Waals surface area (Å²) < 4.78 is 6.19. The average molecular weight is 314 g/mol. The molecule has 1 saturated heterocycles. The summed E-state index contributed by atoms with van der Waals surface area (Å²) in [5, 5.41) is 12.4. The van der Waals surface area contributed by atoms with Crippen molar-refractivity contribution in [1.82, 2.24) is 5.32 Å². The number of aliphatic hydroxyl groups is 1. The maximum absolute atomic E-state index is 12.1. The molecule has 2 N–H and O–H groups in total. The van der Waals surface area contributed by atoms with Gasteiger partial charge in [0.1, 0.15) is 0 Å². The van der Waals surface area contributed by atoms with E-state index in [1.165, 1.54) is 0 Å². The molecule has 0 saturated carbocycles. The van der Waals surface area contributed by atoms with Crippen LogP contribution in [0.2, 0.25) is 0 Å². The van der Waals surface area contributed by atoms with E-state index in [-0.39, 0.29) is 12.5 Å². The first kappa shape index (κ1) is 13.5. The molecule has 1 amide bonds. The zero-order chi connectivity index (χ0) is 13.0. The second-order valence-electron chi connectivity index (χ2n) is 4.51. The predicted molar refractivity (Wildman–Crippen MR) is 71.5 cm³/mol. The first-order valence-corrected chi connectivity index (χ1v) is 6.71. The van der Waals surface area contributed by atoms with Gasteiger partial charge < -0.3 is 15.2 Å². The molecule has 0 aliphatic carbocycles. The van der Waals surface area contributed by atoms with E-state index in [1.807, 2.05) is 12.1 Å². The second kappa shape index (κ2) is 5.82. The minimum Gasteiger partial charge on any atom is -0.394 e. The molecule has 0 spiro atoms. The molecule has 1 fully saturated rings. The SMILES string of the molecule is O=C(NC1(CO)CCOCC1)c1ccc(Br)cc1. The van der Waals surface area contributed by atoms with Crippen LogP contribution in [0.4, 0.5) is 0 Å². The number of ether oxygens (including phenoxy) is 1. The van der Waals surface area contributed by atoms with Crippen molar-refractivity contribution < 1.29 is 14.6 Å². The molecular formula is C13H16BrNO3. The van der Waals surface area contributed by atoms with Crippen LogP contribution in [0.1, 0.15) is 23.2 Å². The molecule has 98 valence electrons. The van der Waals surface area contributed by atoms with E-state index < -0.39 is 5.54 Å². The topological polar surface area (TPSA) is 58.6 Å². The Morgan fingerprint density at radius 3 is 2.50 bits per heavy atom. The minimum absolute atomic E-state index is 0.0569. The lowest BCUT2D eigenvalue weighted by Crippen LogP contribution is -2.54. The molecule has 2 rings (SSSR count). The number of benzene rings is 1. The van der Waals surface area contributed by atoms with Crippen molar-refractivity contribution in [2.45, 2.75) is 18.4 Å². The molecule has 1 heterocycles. The van der Waals surface area contributed by atoms with Gasteiger partial charge in [-0.1, -0.05) is 15.9 Å². The molecule has 5 heteroatoms. The van der Waals surface area contributed by atoms with Crippen LogP contribution in [-0.4, -0.2) is 36.4 Å². The van der Waals surface area contributed by atoms with Crippen molar-refractivity contribution in [2.24, 2.45) is 0 Å². The number of hydrogen-bond donors (Lipinski definition) is 2. The molecule has 0 bridgehead atoms. The summed E-state index contributed by atoms with van der Waals surface area (Å²) in [6, 6.07) is 7.16. The molecular weight excluding hydrogens is 298 g/mol. The summed E-state index contributed by atoms with van der Waals surface area (Å²) in [7, 11) is 0. The molecule has 1 aromatic rings. The van der Waals surface area contributed by atoms with Crippen LogP contribution in [0, 0.1) is 0 Å².